The number of alkyl carbamates (subject to hydrolysis) is 1. The van der Waals surface area contributed by atoms with Gasteiger partial charge >= 0.3 is 6.09 Å². The summed E-state index contributed by atoms with van der Waals surface area (Å²) in [5, 5.41) is 3.44. The number of nitrogens with one attached hydrogen (secondary N) is 1. The van der Waals surface area contributed by atoms with E-state index in [-0.39, 0.29) is 12.1 Å². The second-order valence-corrected chi connectivity index (χ2v) is 7.94. The van der Waals surface area contributed by atoms with Crippen molar-refractivity contribution in [2.45, 2.75) is 45.3 Å². The molecule has 22 heavy (non-hydrogen) atoms. The largest absolute Gasteiger partial charge is 0.444 e. The molecule has 0 aliphatic carbocycles. The Bertz CT molecular complexity index is 548. The van der Waals surface area contributed by atoms with Gasteiger partial charge in [0.1, 0.15) is 10.8 Å². The Kier molecular flexibility index (Phi) is 5.76. The standard InChI is InChI=1S/C15H21ClIN3O2/c1-15(2,3)22-14(21)19-10-5-4-6-20(9-10)12-7-13(16)18-8-11(12)17/h7-8,10H,4-6,9H2,1-3H3,(H,19,21)/t10-/m0/s1. The molecule has 1 atom stereocenters. The zero-order valence-corrected chi connectivity index (χ0v) is 15.9. The number of carbonyl (C=O) groups excluding carboxylic acids is 1. The Morgan fingerprint density at radius 3 is 2.95 bits per heavy atom. The van der Waals surface area contributed by atoms with Gasteiger partial charge in [0.15, 0.2) is 0 Å². The van der Waals surface area contributed by atoms with Gasteiger partial charge in [-0.1, -0.05) is 11.6 Å². The molecule has 0 radical (unpaired) electrons. The molecule has 122 valence electrons. The first-order valence-electron chi connectivity index (χ1n) is 7.30. The molecule has 0 unspecified atom stereocenters. The highest BCUT2D eigenvalue weighted by Crippen LogP contribution is 2.27. The summed E-state index contributed by atoms with van der Waals surface area (Å²) in [6.45, 7) is 7.28. The smallest absolute Gasteiger partial charge is 0.407 e. The normalized spacial score (nSPS) is 19.0. The number of piperidine rings is 1. The lowest BCUT2D eigenvalue weighted by atomic mass is 10.1. The van der Waals surface area contributed by atoms with Crippen LogP contribution in [0.15, 0.2) is 12.3 Å². The van der Waals surface area contributed by atoms with E-state index < -0.39 is 5.60 Å². The molecule has 1 aliphatic heterocycles. The molecule has 7 heteroatoms. The van der Waals surface area contributed by atoms with Gasteiger partial charge in [-0.25, -0.2) is 9.78 Å². The minimum absolute atomic E-state index is 0.0753. The second kappa shape index (κ2) is 7.21. The summed E-state index contributed by atoms with van der Waals surface area (Å²) in [6, 6.07) is 1.95. The van der Waals surface area contributed by atoms with E-state index in [1.165, 1.54) is 0 Å². The highest BCUT2D eigenvalue weighted by atomic mass is 127. The van der Waals surface area contributed by atoms with E-state index in [9.17, 15) is 4.79 Å². The Hall–Kier alpha value is -0.760. The predicted molar refractivity (Wildman–Crippen MR) is 96.6 cm³/mol. The fourth-order valence-corrected chi connectivity index (χ4v) is 3.22. The molecule has 1 aliphatic rings. The molecule has 1 saturated heterocycles. The Morgan fingerprint density at radius 2 is 2.27 bits per heavy atom. The number of amides is 1. The fraction of sp³-hybridized carbons (Fsp3) is 0.600. The number of carbonyl (C=O) groups is 1. The van der Waals surface area contributed by atoms with Gasteiger partial charge < -0.3 is 15.0 Å². The molecule has 0 aromatic carbocycles. The summed E-state index contributed by atoms with van der Waals surface area (Å²) in [5.74, 6) is 0. The number of hydrogen-bond acceptors (Lipinski definition) is 4. The van der Waals surface area contributed by atoms with Crippen molar-refractivity contribution in [1.82, 2.24) is 10.3 Å². The summed E-state index contributed by atoms with van der Waals surface area (Å²) in [5.41, 5.74) is 0.586. The number of halogens is 2. The molecular formula is C15H21ClIN3O2. The number of aromatic nitrogens is 1. The van der Waals surface area contributed by atoms with Crippen molar-refractivity contribution in [2.75, 3.05) is 18.0 Å². The van der Waals surface area contributed by atoms with E-state index in [4.69, 9.17) is 16.3 Å². The first-order chi connectivity index (χ1) is 10.2. The van der Waals surface area contributed by atoms with E-state index in [2.05, 4.69) is 37.8 Å². The van der Waals surface area contributed by atoms with Gasteiger partial charge in [0.2, 0.25) is 0 Å². The van der Waals surface area contributed by atoms with E-state index in [1.807, 2.05) is 26.8 Å². The molecule has 2 rings (SSSR count). The molecule has 1 N–H and O–H groups in total. The molecule has 1 aromatic heterocycles. The lowest BCUT2D eigenvalue weighted by molar-refractivity contribution is 0.0500. The van der Waals surface area contributed by atoms with Gasteiger partial charge in [0.25, 0.3) is 0 Å². The van der Waals surface area contributed by atoms with Crippen molar-refractivity contribution in [2.24, 2.45) is 0 Å². The summed E-state index contributed by atoms with van der Waals surface area (Å²) in [7, 11) is 0. The van der Waals surface area contributed by atoms with Crippen molar-refractivity contribution in [3.63, 3.8) is 0 Å². The van der Waals surface area contributed by atoms with Crippen LogP contribution in [0.4, 0.5) is 10.5 Å². The molecule has 1 aromatic rings. The van der Waals surface area contributed by atoms with Crippen LogP contribution in [-0.4, -0.2) is 35.8 Å². The van der Waals surface area contributed by atoms with E-state index in [1.54, 1.807) is 6.20 Å². The summed E-state index contributed by atoms with van der Waals surface area (Å²) < 4.78 is 6.38. The molecule has 2 heterocycles. The third-order valence-electron chi connectivity index (χ3n) is 3.28. The van der Waals surface area contributed by atoms with Crippen LogP contribution in [0.5, 0.6) is 0 Å². The maximum atomic E-state index is 11.9. The van der Waals surface area contributed by atoms with Crippen LogP contribution in [0.25, 0.3) is 0 Å². The van der Waals surface area contributed by atoms with Crippen LogP contribution in [0.3, 0.4) is 0 Å². The topological polar surface area (TPSA) is 54.5 Å². The van der Waals surface area contributed by atoms with Crippen LogP contribution in [0, 0.1) is 3.57 Å². The summed E-state index contributed by atoms with van der Waals surface area (Å²) in [4.78, 5) is 18.2. The van der Waals surface area contributed by atoms with Gasteiger partial charge in [-0.2, -0.15) is 0 Å². The van der Waals surface area contributed by atoms with Gasteiger partial charge in [-0.15, -0.1) is 0 Å². The summed E-state index contributed by atoms with van der Waals surface area (Å²) in [6.07, 6.45) is 3.37. The van der Waals surface area contributed by atoms with Crippen LogP contribution in [0.1, 0.15) is 33.6 Å². The van der Waals surface area contributed by atoms with E-state index in [0.29, 0.717) is 5.15 Å². The van der Waals surface area contributed by atoms with Crippen LogP contribution < -0.4 is 10.2 Å². The molecule has 5 nitrogen and oxygen atoms in total. The highest BCUT2D eigenvalue weighted by Gasteiger charge is 2.25. The first kappa shape index (κ1) is 17.6. The van der Waals surface area contributed by atoms with Crippen molar-refractivity contribution < 1.29 is 9.53 Å². The lowest BCUT2D eigenvalue weighted by Crippen LogP contribution is -2.49. The quantitative estimate of drug-likeness (QED) is 0.564. The molecule has 1 amide bonds. The minimum atomic E-state index is -0.480. The number of hydrogen-bond donors (Lipinski definition) is 1. The van der Waals surface area contributed by atoms with Crippen molar-refractivity contribution >= 4 is 46.0 Å². The first-order valence-corrected chi connectivity index (χ1v) is 8.76. The Balaban J connectivity index is 2.00. The van der Waals surface area contributed by atoms with Crippen molar-refractivity contribution in [3.8, 4) is 0 Å². The maximum Gasteiger partial charge on any atom is 0.407 e. The molecule has 0 spiro atoms. The fourth-order valence-electron chi connectivity index (χ4n) is 2.43. The predicted octanol–water partition coefficient (Wildman–Crippen LogP) is 3.83. The van der Waals surface area contributed by atoms with E-state index in [0.717, 1.165) is 35.2 Å². The highest BCUT2D eigenvalue weighted by molar-refractivity contribution is 14.1. The molecular weight excluding hydrogens is 417 g/mol. The van der Waals surface area contributed by atoms with E-state index >= 15 is 0 Å². The van der Waals surface area contributed by atoms with Gasteiger partial charge in [-0.05, 0) is 62.3 Å². The monoisotopic (exact) mass is 437 g/mol. The zero-order chi connectivity index (χ0) is 16.3. The minimum Gasteiger partial charge on any atom is -0.444 e. The van der Waals surface area contributed by atoms with Crippen molar-refractivity contribution in [1.29, 1.82) is 0 Å². The van der Waals surface area contributed by atoms with Crippen LogP contribution >= 0.6 is 34.2 Å². The van der Waals surface area contributed by atoms with Crippen molar-refractivity contribution in [3.05, 3.63) is 21.0 Å². The van der Waals surface area contributed by atoms with Gasteiger partial charge in [0.05, 0.1) is 9.26 Å². The third-order valence-corrected chi connectivity index (χ3v) is 4.32. The average Bonchev–Trinajstić information content (AvgIpc) is 2.39. The second-order valence-electron chi connectivity index (χ2n) is 6.39. The van der Waals surface area contributed by atoms with Crippen LogP contribution in [-0.2, 0) is 4.74 Å². The number of nitrogens with zero attached hydrogens (tertiary/aromatic N) is 2. The molecule has 0 saturated carbocycles. The summed E-state index contributed by atoms with van der Waals surface area (Å²) >= 11 is 8.25. The number of pyridine rings is 1. The molecule has 0 bridgehead atoms. The number of rotatable bonds is 2. The lowest BCUT2D eigenvalue weighted by Gasteiger charge is -2.35. The van der Waals surface area contributed by atoms with Gasteiger partial charge in [-0.3, -0.25) is 0 Å². The van der Waals surface area contributed by atoms with Gasteiger partial charge in [0, 0.05) is 25.3 Å². The number of ether oxygens (including phenoxy) is 1. The Labute approximate surface area is 149 Å². The number of anilines is 1. The maximum absolute atomic E-state index is 11.9. The Morgan fingerprint density at radius 1 is 1.55 bits per heavy atom. The third kappa shape index (κ3) is 5.15. The SMILES string of the molecule is CC(C)(C)OC(=O)N[C@H]1CCCN(c2cc(Cl)ncc2I)C1. The van der Waals surface area contributed by atoms with Crippen LogP contribution in [0.2, 0.25) is 5.15 Å². The molecule has 1 fully saturated rings. The zero-order valence-electron chi connectivity index (χ0n) is 13.0. The average molecular weight is 438 g/mol.